The molecule has 0 fully saturated rings. The zero-order valence-corrected chi connectivity index (χ0v) is 36.0. The number of benzene rings is 12. The van der Waals surface area contributed by atoms with E-state index in [1.54, 1.807) is 0 Å². The van der Waals surface area contributed by atoms with E-state index in [4.69, 9.17) is 4.42 Å². The summed E-state index contributed by atoms with van der Waals surface area (Å²) in [4.78, 5) is 2.37. The highest BCUT2D eigenvalue weighted by Gasteiger charge is 2.17. The smallest absolute Gasteiger partial charge is 0.136 e. The molecular formula is C64H41NO. The SMILES string of the molecule is c1cc(-c2cccc3oc4ccccc4c23)cc(N(c2ccc(-c3ccc(-c4ccc5ccc6ccccc6c5c4)cc3)cc2)c2ccc(-c3ccc4ccc5ccccc5c4c3)cc2)c1. The van der Waals surface area contributed by atoms with Gasteiger partial charge in [-0.1, -0.05) is 188 Å². The predicted molar refractivity (Wildman–Crippen MR) is 280 cm³/mol. The van der Waals surface area contributed by atoms with Crippen LogP contribution in [0.2, 0.25) is 0 Å². The second-order valence-corrected chi connectivity index (χ2v) is 17.3. The monoisotopic (exact) mass is 839 g/mol. The first-order chi connectivity index (χ1) is 32.7. The number of rotatable bonds is 7. The van der Waals surface area contributed by atoms with Crippen LogP contribution in [0, 0.1) is 0 Å². The molecule has 12 aromatic carbocycles. The van der Waals surface area contributed by atoms with Crippen LogP contribution in [-0.2, 0) is 0 Å². The van der Waals surface area contributed by atoms with Gasteiger partial charge in [-0.05, 0) is 148 Å². The van der Waals surface area contributed by atoms with Crippen molar-refractivity contribution in [2.24, 2.45) is 0 Å². The van der Waals surface area contributed by atoms with Crippen LogP contribution in [0.3, 0.4) is 0 Å². The molecule has 13 rings (SSSR count). The molecular weight excluding hydrogens is 799 g/mol. The summed E-state index contributed by atoms with van der Waals surface area (Å²) in [5.41, 5.74) is 14.4. The Hall–Kier alpha value is -8.72. The molecule has 0 atom stereocenters. The van der Waals surface area contributed by atoms with Gasteiger partial charge in [-0.15, -0.1) is 0 Å². The summed E-state index contributed by atoms with van der Waals surface area (Å²) in [5.74, 6) is 0. The molecule has 0 bridgehead atoms. The largest absolute Gasteiger partial charge is 0.456 e. The van der Waals surface area contributed by atoms with Crippen LogP contribution >= 0.6 is 0 Å². The van der Waals surface area contributed by atoms with E-state index < -0.39 is 0 Å². The van der Waals surface area contributed by atoms with Crippen molar-refractivity contribution in [2.75, 3.05) is 4.90 Å². The Bertz CT molecular complexity index is 3970. The first-order valence-electron chi connectivity index (χ1n) is 22.6. The lowest BCUT2D eigenvalue weighted by atomic mass is 9.96. The van der Waals surface area contributed by atoms with Gasteiger partial charge in [0.2, 0.25) is 0 Å². The second kappa shape index (κ2) is 15.5. The Balaban J connectivity index is 0.873. The highest BCUT2D eigenvalue weighted by atomic mass is 16.3. The second-order valence-electron chi connectivity index (χ2n) is 17.3. The summed E-state index contributed by atoms with van der Waals surface area (Å²) in [7, 11) is 0. The number of para-hydroxylation sites is 1. The van der Waals surface area contributed by atoms with Gasteiger partial charge < -0.3 is 9.32 Å². The first-order valence-corrected chi connectivity index (χ1v) is 22.6. The van der Waals surface area contributed by atoms with Gasteiger partial charge in [0, 0.05) is 27.8 Å². The maximum absolute atomic E-state index is 6.32. The molecule has 13 aromatic rings. The third-order valence-corrected chi connectivity index (χ3v) is 13.4. The molecule has 0 aliphatic rings. The van der Waals surface area contributed by atoms with E-state index in [2.05, 4.69) is 241 Å². The predicted octanol–water partition coefficient (Wildman–Crippen LogP) is 18.3. The van der Waals surface area contributed by atoms with Crippen molar-refractivity contribution >= 4 is 82.1 Å². The number of furan rings is 1. The summed E-state index contributed by atoms with van der Waals surface area (Å²) < 4.78 is 6.32. The Morgan fingerprint density at radius 2 is 0.667 bits per heavy atom. The van der Waals surface area contributed by atoms with Crippen LogP contribution in [0.1, 0.15) is 0 Å². The van der Waals surface area contributed by atoms with Gasteiger partial charge in [0.15, 0.2) is 0 Å². The lowest BCUT2D eigenvalue weighted by Gasteiger charge is -2.26. The molecule has 0 unspecified atom stereocenters. The number of hydrogen-bond acceptors (Lipinski definition) is 2. The minimum absolute atomic E-state index is 0.891. The molecule has 0 aliphatic carbocycles. The van der Waals surface area contributed by atoms with Crippen molar-refractivity contribution in [2.45, 2.75) is 0 Å². The van der Waals surface area contributed by atoms with Crippen LogP contribution in [0.25, 0.3) is 110 Å². The minimum atomic E-state index is 0.891. The van der Waals surface area contributed by atoms with Gasteiger partial charge in [0.05, 0.1) is 0 Å². The topological polar surface area (TPSA) is 16.4 Å². The van der Waals surface area contributed by atoms with Gasteiger partial charge in [0.1, 0.15) is 11.2 Å². The fourth-order valence-corrected chi connectivity index (χ4v) is 10.1. The normalized spacial score (nSPS) is 11.6. The molecule has 0 aliphatic heterocycles. The van der Waals surface area contributed by atoms with Crippen molar-refractivity contribution in [3.05, 3.63) is 249 Å². The van der Waals surface area contributed by atoms with Crippen LogP contribution in [0.15, 0.2) is 253 Å². The van der Waals surface area contributed by atoms with E-state index in [1.165, 1.54) is 76.5 Å². The van der Waals surface area contributed by atoms with Gasteiger partial charge in [-0.2, -0.15) is 0 Å². The lowest BCUT2D eigenvalue weighted by molar-refractivity contribution is 0.669. The molecule has 0 saturated heterocycles. The Kier molecular flexibility index (Phi) is 8.89. The van der Waals surface area contributed by atoms with Crippen LogP contribution in [0.4, 0.5) is 17.1 Å². The molecule has 0 radical (unpaired) electrons. The molecule has 66 heavy (non-hydrogen) atoms. The maximum Gasteiger partial charge on any atom is 0.136 e. The van der Waals surface area contributed by atoms with Crippen LogP contribution in [0.5, 0.6) is 0 Å². The van der Waals surface area contributed by atoms with Crippen molar-refractivity contribution in [3.8, 4) is 44.5 Å². The van der Waals surface area contributed by atoms with E-state index in [0.29, 0.717) is 0 Å². The summed E-state index contributed by atoms with van der Waals surface area (Å²) in [6.45, 7) is 0. The number of nitrogens with zero attached hydrogens (tertiary/aromatic N) is 1. The molecule has 0 spiro atoms. The Labute approximate surface area is 382 Å². The average molecular weight is 840 g/mol. The van der Waals surface area contributed by atoms with E-state index in [0.717, 1.165) is 50.1 Å². The van der Waals surface area contributed by atoms with Crippen molar-refractivity contribution in [1.82, 2.24) is 0 Å². The standard InChI is InChI=1S/C64H41NO/c1-3-13-56-46(9-1)23-25-48-27-29-50(40-60(48)56)44-21-19-42(20-22-44)43-31-35-53(36-32-43)65(55-12-7-11-52(39-55)58-16-8-18-63-64(58)59-15-5-6-17-62(59)66-63)54-37-33-45(34-38-54)51-30-28-49-26-24-47-10-2-4-14-57(47)61(49)41-51/h1-41H. The zero-order chi connectivity index (χ0) is 43.6. The fourth-order valence-electron chi connectivity index (χ4n) is 10.1. The highest BCUT2D eigenvalue weighted by Crippen LogP contribution is 2.42. The molecule has 0 N–H and O–H groups in total. The van der Waals surface area contributed by atoms with E-state index >= 15 is 0 Å². The summed E-state index contributed by atoms with van der Waals surface area (Å²) in [6.07, 6.45) is 0. The minimum Gasteiger partial charge on any atom is -0.456 e. The van der Waals surface area contributed by atoms with Gasteiger partial charge >= 0.3 is 0 Å². The quantitative estimate of drug-likeness (QED) is 0.149. The molecule has 2 nitrogen and oxygen atoms in total. The third kappa shape index (κ3) is 6.50. The number of anilines is 3. The van der Waals surface area contributed by atoms with E-state index in [9.17, 15) is 0 Å². The van der Waals surface area contributed by atoms with Gasteiger partial charge in [-0.3, -0.25) is 0 Å². The van der Waals surface area contributed by atoms with Crippen LogP contribution < -0.4 is 4.90 Å². The van der Waals surface area contributed by atoms with Gasteiger partial charge in [0.25, 0.3) is 0 Å². The molecule has 2 heteroatoms. The average Bonchev–Trinajstić information content (AvgIpc) is 3.78. The summed E-state index contributed by atoms with van der Waals surface area (Å²) >= 11 is 0. The lowest BCUT2D eigenvalue weighted by Crippen LogP contribution is -2.10. The molecule has 0 saturated carbocycles. The first kappa shape index (κ1) is 37.8. The van der Waals surface area contributed by atoms with Gasteiger partial charge in [-0.25, -0.2) is 0 Å². The molecule has 1 heterocycles. The van der Waals surface area contributed by atoms with Crippen molar-refractivity contribution in [1.29, 1.82) is 0 Å². The number of fused-ring (bicyclic) bond motifs is 9. The van der Waals surface area contributed by atoms with E-state index in [1.807, 2.05) is 12.1 Å². The van der Waals surface area contributed by atoms with Crippen LogP contribution in [-0.4, -0.2) is 0 Å². The third-order valence-electron chi connectivity index (χ3n) is 13.4. The molecule has 308 valence electrons. The van der Waals surface area contributed by atoms with E-state index in [-0.39, 0.29) is 0 Å². The van der Waals surface area contributed by atoms with Crippen molar-refractivity contribution < 1.29 is 4.42 Å². The summed E-state index contributed by atoms with van der Waals surface area (Å²) in [6, 6.07) is 90.3. The Morgan fingerprint density at radius 3 is 1.24 bits per heavy atom. The highest BCUT2D eigenvalue weighted by molar-refractivity contribution is 6.13. The zero-order valence-electron chi connectivity index (χ0n) is 36.0. The summed E-state index contributed by atoms with van der Waals surface area (Å²) in [5, 5.41) is 12.4. The van der Waals surface area contributed by atoms with Crippen molar-refractivity contribution in [3.63, 3.8) is 0 Å². The Morgan fingerprint density at radius 1 is 0.242 bits per heavy atom. The molecule has 1 aromatic heterocycles. The fraction of sp³-hybridized carbons (Fsp3) is 0. The maximum atomic E-state index is 6.32. The number of hydrogen-bond donors (Lipinski definition) is 0. The molecule has 0 amide bonds.